The van der Waals surface area contributed by atoms with Crippen LogP contribution in [-0.4, -0.2) is 96.6 Å². The number of aromatic hydroxyl groups is 1. The van der Waals surface area contributed by atoms with Gasteiger partial charge in [-0.15, -0.1) is 5.10 Å². The molecule has 0 saturated carbocycles. The number of aromatic nitrogens is 3. The van der Waals surface area contributed by atoms with E-state index in [0.29, 0.717) is 43.4 Å². The fourth-order valence-electron chi connectivity index (χ4n) is 4.32. The van der Waals surface area contributed by atoms with Gasteiger partial charge < -0.3 is 46.1 Å². The Morgan fingerprint density at radius 3 is 2.58 bits per heavy atom. The summed E-state index contributed by atoms with van der Waals surface area (Å²) in [7, 11) is 0. The summed E-state index contributed by atoms with van der Waals surface area (Å²) < 4.78 is 13.1. The first-order valence-corrected chi connectivity index (χ1v) is 12.4. The number of nitrogens with zero attached hydrogens (tertiary/aromatic N) is 3. The summed E-state index contributed by atoms with van der Waals surface area (Å²) in [5.41, 5.74) is 7.70. The van der Waals surface area contributed by atoms with Crippen LogP contribution in [0.2, 0.25) is 0 Å². The van der Waals surface area contributed by atoms with E-state index in [1.54, 1.807) is 23.0 Å². The van der Waals surface area contributed by atoms with Crippen molar-refractivity contribution in [2.45, 2.75) is 56.5 Å². The molecule has 8 N–H and O–H groups in total. The summed E-state index contributed by atoms with van der Waals surface area (Å²) in [5.74, 6) is 0.0138. The highest BCUT2D eigenvalue weighted by atomic mass is 16.7. The van der Waals surface area contributed by atoms with Gasteiger partial charge in [-0.3, -0.25) is 4.79 Å². The molecule has 0 unspecified atom stereocenters. The Morgan fingerprint density at radius 1 is 1.11 bits per heavy atom. The third kappa shape index (κ3) is 6.20. The standard InChI is InChI=1S/C25H33N5O8/c26-12-18(33)27-9-1-11-30-23-19(15(8-10-28-23)5-2-14-3-6-16(32)7-4-14)24(29-30)38-25-22(36)21(35)20(34)17(13-31)37-25/h3-4,6-8,10,17,20-22,25,31-32,34-36H,1-2,5,9,11-13,26H2,(H,27,33)/t17-,20-,21+,22-,25+/m1/s1. The van der Waals surface area contributed by atoms with Crippen LogP contribution in [0.4, 0.5) is 0 Å². The average Bonchev–Trinajstić information content (AvgIpc) is 3.28. The van der Waals surface area contributed by atoms with Crippen LogP contribution in [0.1, 0.15) is 17.5 Å². The monoisotopic (exact) mass is 531 g/mol. The lowest BCUT2D eigenvalue weighted by Gasteiger charge is -2.39. The molecule has 1 aliphatic heterocycles. The molecule has 1 saturated heterocycles. The van der Waals surface area contributed by atoms with E-state index in [0.717, 1.165) is 11.1 Å². The Labute approximate surface area is 218 Å². The second-order valence-corrected chi connectivity index (χ2v) is 9.09. The largest absolute Gasteiger partial charge is 0.508 e. The molecule has 1 amide bonds. The number of ether oxygens (including phenoxy) is 2. The number of phenolic OH excluding ortho intramolecular Hbond substituents is 1. The van der Waals surface area contributed by atoms with Crippen molar-refractivity contribution in [3.63, 3.8) is 0 Å². The lowest BCUT2D eigenvalue weighted by Crippen LogP contribution is -2.60. The number of aryl methyl sites for hydroxylation is 3. The molecule has 4 rings (SSSR count). The predicted octanol–water partition coefficient (Wildman–Crippen LogP) is -1.43. The number of nitrogens with two attached hydrogens (primary N) is 1. The summed E-state index contributed by atoms with van der Waals surface area (Å²) >= 11 is 0. The molecule has 3 heterocycles. The number of fused-ring (bicyclic) bond motifs is 1. The molecule has 1 fully saturated rings. The number of aliphatic hydroxyl groups excluding tert-OH is 4. The van der Waals surface area contributed by atoms with Crippen LogP contribution < -0.4 is 15.8 Å². The minimum atomic E-state index is -1.60. The number of rotatable bonds is 11. The van der Waals surface area contributed by atoms with Gasteiger partial charge in [-0.25, -0.2) is 9.67 Å². The highest BCUT2D eigenvalue weighted by molar-refractivity contribution is 5.85. The second-order valence-electron chi connectivity index (χ2n) is 9.09. The van der Waals surface area contributed by atoms with Crippen molar-refractivity contribution in [3.05, 3.63) is 47.7 Å². The van der Waals surface area contributed by atoms with Crippen LogP contribution in [0.25, 0.3) is 11.0 Å². The van der Waals surface area contributed by atoms with E-state index in [4.69, 9.17) is 15.2 Å². The van der Waals surface area contributed by atoms with Gasteiger partial charge in [-0.1, -0.05) is 12.1 Å². The molecule has 0 radical (unpaired) electrons. The van der Waals surface area contributed by atoms with Gasteiger partial charge in [0.05, 0.1) is 18.5 Å². The number of pyridine rings is 1. The fraction of sp³-hybridized carbons (Fsp3) is 0.480. The van der Waals surface area contributed by atoms with Crippen molar-refractivity contribution in [2.75, 3.05) is 19.7 Å². The first-order valence-electron chi connectivity index (χ1n) is 12.4. The molecule has 13 nitrogen and oxygen atoms in total. The lowest BCUT2D eigenvalue weighted by molar-refractivity contribution is -0.278. The van der Waals surface area contributed by atoms with Gasteiger partial charge >= 0.3 is 0 Å². The van der Waals surface area contributed by atoms with Crippen molar-refractivity contribution >= 4 is 16.9 Å². The number of benzene rings is 1. The van der Waals surface area contributed by atoms with Gasteiger partial charge in [0, 0.05) is 19.3 Å². The minimum Gasteiger partial charge on any atom is -0.508 e. The quantitative estimate of drug-likeness (QED) is 0.143. The predicted molar refractivity (Wildman–Crippen MR) is 134 cm³/mol. The Balaban J connectivity index is 1.62. The maximum Gasteiger partial charge on any atom is 0.245 e. The summed E-state index contributed by atoms with van der Waals surface area (Å²) in [6, 6.07) is 8.73. The molecule has 206 valence electrons. The second kappa shape index (κ2) is 12.5. The normalized spacial score (nSPS) is 23.4. The molecular formula is C25H33N5O8. The minimum absolute atomic E-state index is 0.101. The summed E-state index contributed by atoms with van der Waals surface area (Å²) in [5, 5.41) is 57.7. The van der Waals surface area contributed by atoms with Crippen molar-refractivity contribution in [3.8, 4) is 11.6 Å². The first kappa shape index (κ1) is 27.7. The lowest BCUT2D eigenvalue weighted by atomic mass is 9.99. The Morgan fingerprint density at radius 2 is 1.87 bits per heavy atom. The number of amides is 1. The number of carbonyl (C=O) groups is 1. The summed E-state index contributed by atoms with van der Waals surface area (Å²) in [4.78, 5) is 15.9. The van der Waals surface area contributed by atoms with E-state index in [-0.39, 0.29) is 24.1 Å². The number of phenols is 1. The van der Waals surface area contributed by atoms with E-state index < -0.39 is 37.3 Å². The van der Waals surface area contributed by atoms with E-state index in [2.05, 4.69) is 15.4 Å². The van der Waals surface area contributed by atoms with Gasteiger partial charge in [-0.05, 0) is 48.6 Å². The molecule has 3 aromatic rings. The maximum atomic E-state index is 11.4. The van der Waals surface area contributed by atoms with Crippen molar-refractivity contribution in [2.24, 2.45) is 5.73 Å². The molecule has 1 aliphatic rings. The zero-order valence-corrected chi connectivity index (χ0v) is 20.7. The van der Waals surface area contributed by atoms with Crippen molar-refractivity contribution < 1.29 is 39.8 Å². The third-order valence-electron chi connectivity index (χ3n) is 6.44. The molecule has 0 spiro atoms. The van der Waals surface area contributed by atoms with Gasteiger partial charge in [0.2, 0.25) is 18.1 Å². The third-order valence-corrected chi connectivity index (χ3v) is 6.44. The van der Waals surface area contributed by atoms with Crippen LogP contribution in [0.5, 0.6) is 11.6 Å². The zero-order valence-electron chi connectivity index (χ0n) is 20.7. The molecule has 2 aromatic heterocycles. The number of nitrogens with one attached hydrogen (secondary N) is 1. The average molecular weight is 532 g/mol. The van der Waals surface area contributed by atoms with Crippen LogP contribution in [-0.2, 0) is 28.9 Å². The van der Waals surface area contributed by atoms with E-state index in [9.17, 15) is 30.3 Å². The number of aliphatic hydroxyl groups is 4. The molecular weight excluding hydrogens is 498 g/mol. The smallest absolute Gasteiger partial charge is 0.245 e. The van der Waals surface area contributed by atoms with Gasteiger partial charge in [-0.2, -0.15) is 0 Å². The fourth-order valence-corrected chi connectivity index (χ4v) is 4.32. The Bertz CT molecular complexity index is 1220. The SMILES string of the molecule is NCC(=O)NCCCn1nc(O[C@@H]2O[C@H](CO)[C@@H](O)[C@H](O)[C@H]2O)c2c(CCc3ccc(O)cc3)ccnc21. The van der Waals surface area contributed by atoms with Crippen LogP contribution in [0.3, 0.4) is 0 Å². The van der Waals surface area contributed by atoms with E-state index >= 15 is 0 Å². The molecule has 13 heteroatoms. The van der Waals surface area contributed by atoms with Crippen LogP contribution in [0, 0.1) is 0 Å². The molecule has 5 atom stereocenters. The Hall–Kier alpha value is -3.33. The van der Waals surface area contributed by atoms with Crippen molar-refractivity contribution in [1.82, 2.24) is 20.1 Å². The Kier molecular flexibility index (Phi) is 9.09. The highest BCUT2D eigenvalue weighted by Crippen LogP contribution is 2.32. The molecule has 1 aromatic carbocycles. The zero-order chi connectivity index (χ0) is 27.2. The number of hydrogen-bond acceptors (Lipinski definition) is 11. The highest BCUT2D eigenvalue weighted by Gasteiger charge is 2.45. The molecule has 0 aliphatic carbocycles. The topological polar surface area (TPSA) is 205 Å². The van der Waals surface area contributed by atoms with Gasteiger partial charge in [0.1, 0.15) is 30.2 Å². The van der Waals surface area contributed by atoms with E-state index in [1.807, 2.05) is 18.2 Å². The van der Waals surface area contributed by atoms with E-state index in [1.165, 1.54) is 0 Å². The number of carbonyl (C=O) groups excluding carboxylic acids is 1. The van der Waals surface area contributed by atoms with Gasteiger partial charge in [0.25, 0.3) is 0 Å². The first-order chi connectivity index (χ1) is 18.3. The molecule has 38 heavy (non-hydrogen) atoms. The molecule has 0 bridgehead atoms. The van der Waals surface area contributed by atoms with Crippen LogP contribution >= 0.6 is 0 Å². The number of hydrogen-bond donors (Lipinski definition) is 7. The van der Waals surface area contributed by atoms with Crippen molar-refractivity contribution in [1.29, 1.82) is 0 Å². The summed E-state index contributed by atoms with van der Waals surface area (Å²) in [6.45, 7) is 0.0658. The summed E-state index contributed by atoms with van der Waals surface area (Å²) in [6.07, 6.45) is -3.86. The maximum absolute atomic E-state index is 11.4. The van der Waals surface area contributed by atoms with Crippen LogP contribution in [0.15, 0.2) is 36.5 Å². The van der Waals surface area contributed by atoms with Gasteiger partial charge in [0.15, 0.2) is 5.65 Å².